The smallest absolute Gasteiger partial charge is 0.217 e. The molecule has 2 rings (SSSR count). The Bertz CT molecular complexity index is 547. The van der Waals surface area contributed by atoms with Gasteiger partial charge in [0.2, 0.25) is 5.91 Å². The van der Waals surface area contributed by atoms with E-state index < -0.39 is 0 Å². The number of H-pyrrole nitrogens is 1. The number of carbonyl (C=O) groups is 1. The second kappa shape index (κ2) is 3.92. The number of rotatable bonds is 2. The molecule has 0 aliphatic rings. The molecule has 2 N–H and O–H groups in total. The standard InChI is InChI=1S/C11H12FN3O/c1-6-3-10(12)9(4-13-7(2)16)11-8(6)5-14-15-11/h3,5H,4H2,1-2H3,(H,13,16)(H,14,15). The Balaban J connectivity index is 2.50. The highest BCUT2D eigenvalue weighted by molar-refractivity contribution is 5.85. The Morgan fingerprint density at radius 1 is 1.62 bits per heavy atom. The summed E-state index contributed by atoms with van der Waals surface area (Å²) in [6.45, 7) is 3.39. The van der Waals surface area contributed by atoms with E-state index in [1.807, 2.05) is 6.92 Å². The average molecular weight is 221 g/mol. The van der Waals surface area contributed by atoms with Crippen LogP contribution in [-0.2, 0) is 11.3 Å². The lowest BCUT2D eigenvalue weighted by Crippen LogP contribution is -2.20. The van der Waals surface area contributed by atoms with E-state index in [4.69, 9.17) is 0 Å². The number of hydrogen-bond acceptors (Lipinski definition) is 2. The second-order valence-electron chi connectivity index (χ2n) is 3.72. The van der Waals surface area contributed by atoms with Crippen LogP contribution >= 0.6 is 0 Å². The van der Waals surface area contributed by atoms with Crippen LogP contribution in [-0.4, -0.2) is 16.1 Å². The van der Waals surface area contributed by atoms with Crippen LogP contribution in [0, 0.1) is 12.7 Å². The fourth-order valence-corrected chi connectivity index (χ4v) is 1.68. The van der Waals surface area contributed by atoms with Crippen molar-refractivity contribution in [1.82, 2.24) is 15.5 Å². The predicted molar refractivity (Wildman–Crippen MR) is 58.3 cm³/mol. The summed E-state index contributed by atoms with van der Waals surface area (Å²) < 4.78 is 13.7. The van der Waals surface area contributed by atoms with E-state index in [0.29, 0.717) is 11.1 Å². The van der Waals surface area contributed by atoms with Crippen LogP contribution in [0.15, 0.2) is 12.3 Å². The molecule has 84 valence electrons. The minimum atomic E-state index is -0.331. The maximum Gasteiger partial charge on any atom is 0.217 e. The van der Waals surface area contributed by atoms with Crippen molar-refractivity contribution in [1.29, 1.82) is 0 Å². The minimum Gasteiger partial charge on any atom is -0.352 e. The number of carbonyl (C=O) groups excluding carboxylic acids is 1. The van der Waals surface area contributed by atoms with Crippen LogP contribution in [0.25, 0.3) is 10.9 Å². The third kappa shape index (κ3) is 1.76. The van der Waals surface area contributed by atoms with E-state index in [2.05, 4.69) is 15.5 Å². The molecule has 16 heavy (non-hydrogen) atoms. The first-order chi connectivity index (χ1) is 7.59. The summed E-state index contributed by atoms with van der Waals surface area (Å²) >= 11 is 0. The Morgan fingerprint density at radius 2 is 2.38 bits per heavy atom. The van der Waals surface area contributed by atoms with Gasteiger partial charge in [0.15, 0.2) is 0 Å². The van der Waals surface area contributed by atoms with E-state index in [1.165, 1.54) is 13.0 Å². The fraction of sp³-hybridized carbons (Fsp3) is 0.273. The van der Waals surface area contributed by atoms with Gasteiger partial charge in [-0.1, -0.05) is 0 Å². The normalized spacial score (nSPS) is 10.7. The molecule has 0 aliphatic carbocycles. The molecule has 1 aromatic heterocycles. The van der Waals surface area contributed by atoms with Crippen LogP contribution in [0.4, 0.5) is 4.39 Å². The molecular weight excluding hydrogens is 209 g/mol. The van der Waals surface area contributed by atoms with Crippen molar-refractivity contribution in [2.24, 2.45) is 0 Å². The zero-order valence-corrected chi connectivity index (χ0v) is 9.10. The monoisotopic (exact) mass is 221 g/mol. The van der Waals surface area contributed by atoms with Gasteiger partial charge >= 0.3 is 0 Å². The van der Waals surface area contributed by atoms with Crippen molar-refractivity contribution in [3.05, 3.63) is 29.2 Å². The lowest BCUT2D eigenvalue weighted by molar-refractivity contribution is -0.119. The largest absolute Gasteiger partial charge is 0.352 e. The lowest BCUT2D eigenvalue weighted by atomic mass is 10.1. The molecule has 0 spiro atoms. The van der Waals surface area contributed by atoms with Crippen molar-refractivity contribution in [3.63, 3.8) is 0 Å². The van der Waals surface area contributed by atoms with Crippen LogP contribution < -0.4 is 5.32 Å². The van der Waals surface area contributed by atoms with Crippen LogP contribution in [0.1, 0.15) is 18.1 Å². The highest BCUT2D eigenvalue weighted by atomic mass is 19.1. The molecule has 0 atom stereocenters. The summed E-state index contributed by atoms with van der Waals surface area (Å²) in [6.07, 6.45) is 1.65. The Labute approximate surface area is 91.8 Å². The number of hydrogen-bond donors (Lipinski definition) is 2. The number of benzene rings is 1. The lowest BCUT2D eigenvalue weighted by Gasteiger charge is -2.07. The minimum absolute atomic E-state index is 0.167. The van der Waals surface area contributed by atoms with E-state index in [-0.39, 0.29) is 18.3 Å². The summed E-state index contributed by atoms with van der Waals surface area (Å²) in [5.74, 6) is -0.518. The van der Waals surface area contributed by atoms with Gasteiger partial charge in [-0.3, -0.25) is 9.89 Å². The molecule has 2 aromatic rings. The molecule has 0 fully saturated rings. The summed E-state index contributed by atoms with van der Waals surface area (Å²) in [6, 6.07) is 1.45. The molecule has 0 unspecified atom stereocenters. The maximum atomic E-state index is 13.7. The van der Waals surface area contributed by atoms with Crippen molar-refractivity contribution in [2.75, 3.05) is 0 Å². The van der Waals surface area contributed by atoms with Gasteiger partial charge in [0.05, 0.1) is 11.7 Å². The summed E-state index contributed by atoms with van der Waals surface area (Å²) in [7, 11) is 0. The number of fused-ring (bicyclic) bond motifs is 1. The second-order valence-corrected chi connectivity index (χ2v) is 3.72. The molecule has 0 saturated carbocycles. The summed E-state index contributed by atoms with van der Waals surface area (Å²) in [5, 5.41) is 10.1. The van der Waals surface area contributed by atoms with Crippen molar-refractivity contribution in [3.8, 4) is 0 Å². The number of amides is 1. The first kappa shape index (κ1) is 10.6. The molecule has 0 bridgehead atoms. The van der Waals surface area contributed by atoms with Gasteiger partial charge in [-0.15, -0.1) is 0 Å². The third-order valence-corrected chi connectivity index (χ3v) is 2.51. The SMILES string of the molecule is CC(=O)NCc1c(F)cc(C)c2cn[nH]c12. The molecular formula is C11H12FN3O. The summed E-state index contributed by atoms with van der Waals surface area (Å²) in [5.41, 5.74) is 1.91. The first-order valence-electron chi connectivity index (χ1n) is 4.95. The predicted octanol–water partition coefficient (Wildman–Crippen LogP) is 1.65. The zero-order chi connectivity index (χ0) is 11.7. The summed E-state index contributed by atoms with van der Waals surface area (Å²) in [4.78, 5) is 10.8. The van der Waals surface area contributed by atoms with Gasteiger partial charge in [-0.25, -0.2) is 4.39 Å². The average Bonchev–Trinajstić information content (AvgIpc) is 2.65. The van der Waals surface area contributed by atoms with Gasteiger partial charge < -0.3 is 5.32 Å². The molecule has 1 amide bonds. The number of aromatic amines is 1. The van der Waals surface area contributed by atoms with Gasteiger partial charge in [0.25, 0.3) is 0 Å². The molecule has 1 heterocycles. The highest BCUT2D eigenvalue weighted by Gasteiger charge is 2.11. The first-order valence-corrected chi connectivity index (χ1v) is 4.95. The van der Waals surface area contributed by atoms with Crippen molar-refractivity contribution >= 4 is 16.8 Å². The molecule has 1 aromatic carbocycles. The molecule has 0 saturated heterocycles. The molecule has 4 nitrogen and oxygen atoms in total. The van der Waals surface area contributed by atoms with Crippen molar-refractivity contribution in [2.45, 2.75) is 20.4 Å². The van der Waals surface area contributed by atoms with Gasteiger partial charge in [-0.2, -0.15) is 5.10 Å². The van der Waals surface area contributed by atoms with Crippen molar-refractivity contribution < 1.29 is 9.18 Å². The van der Waals surface area contributed by atoms with E-state index in [1.54, 1.807) is 6.20 Å². The van der Waals surface area contributed by atoms with E-state index in [0.717, 1.165) is 10.9 Å². The van der Waals surface area contributed by atoms with E-state index >= 15 is 0 Å². The topological polar surface area (TPSA) is 57.8 Å². The molecule has 5 heteroatoms. The maximum absolute atomic E-state index is 13.7. The van der Waals surface area contributed by atoms with Crippen LogP contribution in [0.3, 0.4) is 0 Å². The van der Waals surface area contributed by atoms with Gasteiger partial charge in [-0.05, 0) is 18.6 Å². The van der Waals surface area contributed by atoms with Crippen LogP contribution in [0.2, 0.25) is 0 Å². The molecule has 0 aliphatic heterocycles. The fourth-order valence-electron chi connectivity index (χ4n) is 1.68. The van der Waals surface area contributed by atoms with E-state index in [9.17, 15) is 9.18 Å². The Morgan fingerprint density at radius 3 is 3.06 bits per heavy atom. The molecule has 0 radical (unpaired) electrons. The Hall–Kier alpha value is -1.91. The van der Waals surface area contributed by atoms with Crippen LogP contribution in [0.5, 0.6) is 0 Å². The van der Waals surface area contributed by atoms with Gasteiger partial charge in [0, 0.05) is 24.4 Å². The quantitative estimate of drug-likeness (QED) is 0.810. The number of aromatic nitrogens is 2. The third-order valence-electron chi connectivity index (χ3n) is 2.51. The number of nitrogens with zero attached hydrogens (tertiary/aromatic N) is 1. The number of halogens is 1. The zero-order valence-electron chi connectivity index (χ0n) is 9.10. The van der Waals surface area contributed by atoms with Gasteiger partial charge in [0.1, 0.15) is 5.82 Å². The number of nitrogens with one attached hydrogen (secondary N) is 2. The Kier molecular flexibility index (Phi) is 2.60. The number of aryl methyl sites for hydroxylation is 1. The highest BCUT2D eigenvalue weighted by Crippen LogP contribution is 2.22.